The van der Waals surface area contributed by atoms with Crippen molar-refractivity contribution in [3.05, 3.63) is 52.8 Å². The van der Waals surface area contributed by atoms with Gasteiger partial charge in [0.05, 0.1) is 19.9 Å². The molecule has 2 aromatic rings. The van der Waals surface area contributed by atoms with Gasteiger partial charge in [-0.05, 0) is 24.3 Å². The molecule has 0 aromatic heterocycles. The zero-order chi connectivity index (χ0) is 14.5. The lowest BCUT2D eigenvalue weighted by atomic mass is 10.2. The van der Waals surface area contributed by atoms with Crippen molar-refractivity contribution in [2.45, 2.75) is 6.54 Å². The van der Waals surface area contributed by atoms with Crippen LogP contribution in [0.1, 0.15) is 5.56 Å². The summed E-state index contributed by atoms with van der Waals surface area (Å²) in [5.41, 5.74) is 1.25. The highest BCUT2D eigenvalue weighted by Crippen LogP contribution is 2.28. The van der Waals surface area contributed by atoms with E-state index in [0.29, 0.717) is 28.6 Å². The van der Waals surface area contributed by atoms with E-state index in [1.54, 1.807) is 37.4 Å². The molecular formula is C15H15ClFNO2. The topological polar surface area (TPSA) is 30.5 Å². The third kappa shape index (κ3) is 3.33. The van der Waals surface area contributed by atoms with Crippen LogP contribution in [0.15, 0.2) is 36.4 Å². The van der Waals surface area contributed by atoms with Gasteiger partial charge in [0.25, 0.3) is 0 Å². The predicted molar refractivity (Wildman–Crippen MR) is 78.3 cm³/mol. The largest absolute Gasteiger partial charge is 0.497 e. The second kappa shape index (κ2) is 6.48. The summed E-state index contributed by atoms with van der Waals surface area (Å²) < 4.78 is 24.0. The molecule has 0 fully saturated rings. The summed E-state index contributed by atoms with van der Waals surface area (Å²) in [7, 11) is 3.08. The highest BCUT2D eigenvalue weighted by atomic mass is 35.5. The average Bonchev–Trinajstić information content (AvgIpc) is 2.46. The van der Waals surface area contributed by atoms with Gasteiger partial charge in [0, 0.05) is 23.2 Å². The minimum atomic E-state index is -0.321. The Kier molecular flexibility index (Phi) is 4.69. The molecule has 20 heavy (non-hydrogen) atoms. The number of hydrogen-bond donors (Lipinski definition) is 1. The minimum absolute atomic E-state index is 0.321. The van der Waals surface area contributed by atoms with Gasteiger partial charge in [-0.1, -0.05) is 17.7 Å². The zero-order valence-electron chi connectivity index (χ0n) is 11.2. The van der Waals surface area contributed by atoms with E-state index in [-0.39, 0.29) is 5.82 Å². The van der Waals surface area contributed by atoms with Gasteiger partial charge in [-0.2, -0.15) is 0 Å². The van der Waals surface area contributed by atoms with Crippen molar-refractivity contribution in [2.75, 3.05) is 19.5 Å². The maximum Gasteiger partial charge on any atom is 0.142 e. The van der Waals surface area contributed by atoms with Crippen LogP contribution in [0.2, 0.25) is 5.02 Å². The summed E-state index contributed by atoms with van der Waals surface area (Å²) in [4.78, 5) is 0. The maximum atomic E-state index is 13.8. The molecule has 0 radical (unpaired) electrons. The molecular weight excluding hydrogens is 281 g/mol. The van der Waals surface area contributed by atoms with Crippen LogP contribution in [-0.2, 0) is 6.54 Å². The molecule has 0 amide bonds. The first-order valence-electron chi connectivity index (χ1n) is 6.04. The fraction of sp³-hybridized carbons (Fsp3) is 0.200. The number of rotatable bonds is 5. The number of benzene rings is 2. The van der Waals surface area contributed by atoms with E-state index in [0.717, 1.165) is 5.69 Å². The highest BCUT2D eigenvalue weighted by molar-refractivity contribution is 6.30. The fourth-order valence-electron chi connectivity index (χ4n) is 1.81. The Balaban J connectivity index is 2.14. The number of methoxy groups -OCH3 is 2. The Hall–Kier alpha value is -1.94. The number of ether oxygens (including phenoxy) is 2. The van der Waals surface area contributed by atoms with Crippen molar-refractivity contribution in [1.29, 1.82) is 0 Å². The van der Waals surface area contributed by atoms with Gasteiger partial charge in [-0.3, -0.25) is 0 Å². The lowest BCUT2D eigenvalue weighted by Crippen LogP contribution is -2.03. The van der Waals surface area contributed by atoms with Crippen molar-refractivity contribution >= 4 is 17.3 Å². The normalized spacial score (nSPS) is 10.2. The summed E-state index contributed by atoms with van der Waals surface area (Å²) in [6, 6.07) is 9.98. The van der Waals surface area contributed by atoms with E-state index in [2.05, 4.69) is 5.32 Å². The summed E-state index contributed by atoms with van der Waals surface area (Å²) in [5.74, 6) is 0.827. The summed E-state index contributed by atoms with van der Waals surface area (Å²) in [6.07, 6.45) is 0. The molecule has 0 heterocycles. The molecule has 106 valence electrons. The standard InChI is InChI=1S/C15H15ClFNO2/c1-19-12-5-3-10(13(17)8-12)9-18-14-7-11(16)4-6-15(14)20-2/h3-8,18H,9H2,1-2H3. The van der Waals surface area contributed by atoms with Crippen LogP contribution in [0.3, 0.4) is 0 Å². The van der Waals surface area contributed by atoms with E-state index < -0.39 is 0 Å². The van der Waals surface area contributed by atoms with Gasteiger partial charge in [0.15, 0.2) is 0 Å². The van der Waals surface area contributed by atoms with Crippen LogP contribution in [0, 0.1) is 5.82 Å². The first-order chi connectivity index (χ1) is 9.63. The van der Waals surface area contributed by atoms with E-state index in [1.807, 2.05) is 0 Å². The SMILES string of the molecule is COc1ccc(CNc2cc(Cl)ccc2OC)c(F)c1. The second-order valence-corrected chi connectivity index (χ2v) is 4.59. The van der Waals surface area contributed by atoms with E-state index in [1.165, 1.54) is 13.2 Å². The highest BCUT2D eigenvalue weighted by Gasteiger charge is 2.07. The van der Waals surface area contributed by atoms with E-state index in [9.17, 15) is 4.39 Å². The Morgan fingerprint density at radius 2 is 1.90 bits per heavy atom. The predicted octanol–water partition coefficient (Wildman–Crippen LogP) is 4.11. The van der Waals surface area contributed by atoms with Gasteiger partial charge < -0.3 is 14.8 Å². The molecule has 2 aromatic carbocycles. The number of nitrogens with one attached hydrogen (secondary N) is 1. The smallest absolute Gasteiger partial charge is 0.142 e. The molecule has 3 nitrogen and oxygen atoms in total. The van der Waals surface area contributed by atoms with Crippen molar-refractivity contribution in [3.8, 4) is 11.5 Å². The molecule has 0 bridgehead atoms. The first kappa shape index (κ1) is 14.5. The van der Waals surface area contributed by atoms with E-state index >= 15 is 0 Å². The zero-order valence-corrected chi connectivity index (χ0v) is 12.0. The van der Waals surface area contributed by atoms with Gasteiger partial charge >= 0.3 is 0 Å². The molecule has 0 saturated carbocycles. The van der Waals surface area contributed by atoms with Crippen molar-refractivity contribution in [2.24, 2.45) is 0 Å². The lowest BCUT2D eigenvalue weighted by molar-refractivity contribution is 0.410. The van der Waals surface area contributed by atoms with E-state index in [4.69, 9.17) is 21.1 Å². The number of hydrogen-bond acceptors (Lipinski definition) is 3. The molecule has 2 rings (SSSR count). The molecule has 5 heteroatoms. The summed E-state index contributed by atoms with van der Waals surface area (Å²) in [5, 5.41) is 3.70. The summed E-state index contributed by atoms with van der Waals surface area (Å²) in [6.45, 7) is 0.326. The van der Waals surface area contributed by atoms with Gasteiger partial charge in [-0.15, -0.1) is 0 Å². The van der Waals surface area contributed by atoms with Gasteiger partial charge in [0.1, 0.15) is 17.3 Å². The molecule has 0 aliphatic carbocycles. The van der Waals surface area contributed by atoms with Crippen molar-refractivity contribution in [3.63, 3.8) is 0 Å². The second-order valence-electron chi connectivity index (χ2n) is 4.16. The fourth-order valence-corrected chi connectivity index (χ4v) is 1.98. The first-order valence-corrected chi connectivity index (χ1v) is 6.41. The van der Waals surface area contributed by atoms with Gasteiger partial charge in [0.2, 0.25) is 0 Å². The van der Waals surface area contributed by atoms with Crippen LogP contribution < -0.4 is 14.8 Å². The molecule has 0 atom stereocenters. The van der Waals surface area contributed by atoms with Crippen LogP contribution >= 0.6 is 11.6 Å². The minimum Gasteiger partial charge on any atom is -0.497 e. The Morgan fingerprint density at radius 1 is 1.10 bits per heavy atom. The van der Waals surface area contributed by atoms with Crippen LogP contribution in [0.4, 0.5) is 10.1 Å². The van der Waals surface area contributed by atoms with Crippen LogP contribution in [0.5, 0.6) is 11.5 Å². The van der Waals surface area contributed by atoms with Crippen LogP contribution in [-0.4, -0.2) is 14.2 Å². The third-order valence-corrected chi connectivity index (χ3v) is 3.13. The van der Waals surface area contributed by atoms with Crippen LogP contribution in [0.25, 0.3) is 0 Å². The van der Waals surface area contributed by atoms with Crippen molar-refractivity contribution in [1.82, 2.24) is 0 Å². The molecule has 0 unspecified atom stereocenters. The third-order valence-electron chi connectivity index (χ3n) is 2.89. The molecule has 0 spiro atoms. The number of halogens is 2. The quantitative estimate of drug-likeness (QED) is 0.900. The van der Waals surface area contributed by atoms with Crippen molar-refractivity contribution < 1.29 is 13.9 Å². The lowest BCUT2D eigenvalue weighted by Gasteiger charge is -2.12. The number of anilines is 1. The maximum absolute atomic E-state index is 13.8. The average molecular weight is 296 g/mol. The molecule has 0 aliphatic rings. The monoisotopic (exact) mass is 295 g/mol. The molecule has 1 N–H and O–H groups in total. The Bertz CT molecular complexity index is 604. The molecule has 0 aliphatic heterocycles. The Morgan fingerprint density at radius 3 is 2.55 bits per heavy atom. The van der Waals surface area contributed by atoms with Gasteiger partial charge in [-0.25, -0.2) is 4.39 Å². The summed E-state index contributed by atoms with van der Waals surface area (Å²) >= 11 is 5.94. The Labute approximate surface area is 122 Å². The molecule has 0 saturated heterocycles.